The average Bonchev–Trinajstić information content (AvgIpc) is 2.26. The standard InChI is InChI=1S/C10H22N2O5S/c1-9(3-4-10(13)14)5-6-11-18(15,16)12-7-8-17-2/h9,11-12H,3-8H2,1-2H3,(H,13,14). The van der Waals surface area contributed by atoms with E-state index in [1.807, 2.05) is 6.92 Å². The van der Waals surface area contributed by atoms with Gasteiger partial charge in [0.15, 0.2) is 0 Å². The SMILES string of the molecule is COCCNS(=O)(=O)NCCC(C)CCC(=O)O. The Bertz CT molecular complexity index is 331. The van der Waals surface area contributed by atoms with Gasteiger partial charge in [-0.3, -0.25) is 4.79 Å². The zero-order valence-corrected chi connectivity index (χ0v) is 11.6. The van der Waals surface area contributed by atoms with Gasteiger partial charge in [0.05, 0.1) is 6.61 Å². The van der Waals surface area contributed by atoms with Crippen LogP contribution >= 0.6 is 0 Å². The Labute approximate surface area is 108 Å². The lowest BCUT2D eigenvalue weighted by Crippen LogP contribution is -2.38. The van der Waals surface area contributed by atoms with Crippen molar-refractivity contribution in [2.24, 2.45) is 5.92 Å². The predicted molar refractivity (Wildman–Crippen MR) is 67.5 cm³/mol. The fourth-order valence-corrected chi connectivity index (χ4v) is 2.12. The number of carbonyl (C=O) groups is 1. The third-order valence-electron chi connectivity index (χ3n) is 2.38. The molecule has 0 aliphatic heterocycles. The molecular weight excluding hydrogens is 260 g/mol. The molecule has 1 unspecified atom stereocenters. The third kappa shape index (κ3) is 10.5. The molecule has 0 aromatic carbocycles. The number of carboxylic acids is 1. The van der Waals surface area contributed by atoms with Crippen molar-refractivity contribution in [2.75, 3.05) is 26.8 Å². The van der Waals surface area contributed by atoms with E-state index in [0.717, 1.165) is 0 Å². The van der Waals surface area contributed by atoms with Gasteiger partial charge in [0, 0.05) is 26.6 Å². The molecule has 0 bridgehead atoms. The molecule has 0 aliphatic carbocycles. The largest absolute Gasteiger partial charge is 0.481 e. The van der Waals surface area contributed by atoms with Gasteiger partial charge in [0.1, 0.15) is 0 Å². The summed E-state index contributed by atoms with van der Waals surface area (Å²) in [6.45, 7) is 2.73. The molecule has 0 aliphatic rings. The molecular formula is C10H22N2O5S. The van der Waals surface area contributed by atoms with Crippen molar-refractivity contribution in [2.45, 2.75) is 26.2 Å². The monoisotopic (exact) mass is 282 g/mol. The third-order valence-corrected chi connectivity index (χ3v) is 3.55. The molecule has 0 spiro atoms. The Morgan fingerprint density at radius 2 is 1.89 bits per heavy atom. The van der Waals surface area contributed by atoms with Crippen molar-refractivity contribution in [3.8, 4) is 0 Å². The van der Waals surface area contributed by atoms with E-state index >= 15 is 0 Å². The highest BCUT2D eigenvalue weighted by Crippen LogP contribution is 2.09. The van der Waals surface area contributed by atoms with Crippen LogP contribution in [0, 0.1) is 5.92 Å². The molecule has 108 valence electrons. The quantitative estimate of drug-likeness (QED) is 0.461. The number of rotatable bonds is 11. The zero-order chi connectivity index (χ0) is 14.0. The highest BCUT2D eigenvalue weighted by atomic mass is 32.2. The van der Waals surface area contributed by atoms with Crippen molar-refractivity contribution in [3.05, 3.63) is 0 Å². The normalized spacial score (nSPS) is 13.4. The fourth-order valence-electron chi connectivity index (χ4n) is 1.28. The Morgan fingerprint density at radius 3 is 2.44 bits per heavy atom. The summed E-state index contributed by atoms with van der Waals surface area (Å²) in [6.07, 6.45) is 1.27. The van der Waals surface area contributed by atoms with E-state index in [2.05, 4.69) is 9.44 Å². The van der Waals surface area contributed by atoms with Gasteiger partial charge in [-0.2, -0.15) is 13.1 Å². The van der Waals surface area contributed by atoms with Gasteiger partial charge in [-0.1, -0.05) is 6.92 Å². The summed E-state index contributed by atoms with van der Waals surface area (Å²) < 4.78 is 32.2. The van der Waals surface area contributed by atoms with Gasteiger partial charge in [0.25, 0.3) is 10.2 Å². The molecule has 0 aromatic heterocycles. The lowest BCUT2D eigenvalue weighted by atomic mass is 10.0. The number of hydrogen-bond donors (Lipinski definition) is 3. The number of carboxylic acid groups (broad SMARTS) is 1. The number of aliphatic carboxylic acids is 1. The van der Waals surface area contributed by atoms with E-state index in [4.69, 9.17) is 9.84 Å². The van der Waals surface area contributed by atoms with Gasteiger partial charge in [-0.15, -0.1) is 0 Å². The first kappa shape index (κ1) is 17.3. The Kier molecular flexibility index (Phi) is 8.90. The summed E-state index contributed by atoms with van der Waals surface area (Å²) in [5, 5.41) is 8.50. The summed E-state index contributed by atoms with van der Waals surface area (Å²) in [5.41, 5.74) is 0. The van der Waals surface area contributed by atoms with Crippen LogP contribution in [0.4, 0.5) is 0 Å². The molecule has 3 N–H and O–H groups in total. The van der Waals surface area contributed by atoms with Crippen LogP contribution in [0.15, 0.2) is 0 Å². The molecule has 7 nitrogen and oxygen atoms in total. The first-order valence-corrected chi connectivity index (χ1v) is 7.30. The second-order valence-electron chi connectivity index (χ2n) is 4.11. The summed E-state index contributed by atoms with van der Waals surface area (Å²) in [4.78, 5) is 10.4. The minimum absolute atomic E-state index is 0.111. The maximum Gasteiger partial charge on any atom is 0.303 e. The molecule has 0 fully saturated rings. The predicted octanol–water partition coefficient (Wildman–Crippen LogP) is -0.0522. The molecule has 18 heavy (non-hydrogen) atoms. The van der Waals surface area contributed by atoms with Gasteiger partial charge in [-0.05, 0) is 18.8 Å². The first-order valence-electron chi connectivity index (χ1n) is 5.82. The molecule has 8 heteroatoms. The van der Waals surface area contributed by atoms with Crippen LogP contribution in [0.3, 0.4) is 0 Å². The van der Waals surface area contributed by atoms with Crippen LogP contribution in [0.1, 0.15) is 26.2 Å². The first-order chi connectivity index (χ1) is 8.37. The highest BCUT2D eigenvalue weighted by Gasteiger charge is 2.10. The van der Waals surface area contributed by atoms with Crippen LogP contribution in [-0.2, 0) is 19.7 Å². The molecule has 0 amide bonds. The molecule has 0 radical (unpaired) electrons. The summed E-state index contributed by atoms with van der Waals surface area (Å²) in [7, 11) is -1.99. The fraction of sp³-hybridized carbons (Fsp3) is 0.900. The minimum Gasteiger partial charge on any atom is -0.481 e. The van der Waals surface area contributed by atoms with Crippen LogP contribution in [0.2, 0.25) is 0 Å². The highest BCUT2D eigenvalue weighted by molar-refractivity contribution is 7.87. The van der Waals surface area contributed by atoms with Crippen molar-refractivity contribution in [3.63, 3.8) is 0 Å². The molecule has 0 saturated carbocycles. The van der Waals surface area contributed by atoms with E-state index in [9.17, 15) is 13.2 Å². The molecule has 0 aromatic rings. The number of ether oxygens (including phenoxy) is 1. The van der Waals surface area contributed by atoms with E-state index < -0.39 is 16.2 Å². The molecule has 0 rings (SSSR count). The van der Waals surface area contributed by atoms with E-state index in [0.29, 0.717) is 26.0 Å². The lowest BCUT2D eigenvalue weighted by Gasteiger charge is -2.11. The Balaban J connectivity index is 3.71. The van der Waals surface area contributed by atoms with Gasteiger partial charge in [0.2, 0.25) is 0 Å². The van der Waals surface area contributed by atoms with Crippen molar-refractivity contribution in [1.29, 1.82) is 0 Å². The lowest BCUT2D eigenvalue weighted by molar-refractivity contribution is -0.137. The minimum atomic E-state index is -3.48. The molecule has 0 heterocycles. The summed E-state index contributed by atoms with van der Waals surface area (Å²) in [6, 6.07) is 0. The summed E-state index contributed by atoms with van der Waals surface area (Å²) >= 11 is 0. The van der Waals surface area contributed by atoms with E-state index in [1.165, 1.54) is 7.11 Å². The van der Waals surface area contributed by atoms with Gasteiger partial charge in [-0.25, -0.2) is 4.72 Å². The van der Waals surface area contributed by atoms with Crippen LogP contribution in [0.5, 0.6) is 0 Å². The second-order valence-corrected chi connectivity index (χ2v) is 5.70. The number of methoxy groups -OCH3 is 1. The van der Waals surface area contributed by atoms with E-state index in [1.54, 1.807) is 0 Å². The maximum atomic E-state index is 11.4. The van der Waals surface area contributed by atoms with Gasteiger partial charge < -0.3 is 9.84 Å². The number of nitrogens with one attached hydrogen (secondary N) is 2. The Hall–Kier alpha value is -0.700. The smallest absolute Gasteiger partial charge is 0.303 e. The summed E-state index contributed by atoms with van der Waals surface area (Å²) in [5.74, 6) is -0.661. The van der Waals surface area contributed by atoms with Crippen LogP contribution in [0.25, 0.3) is 0 Å². The average molecular weight is 282 g/mol. The van der Waals surface area contributed by atoms with Crippen molar-refractivity contribution >= 4 is 16.2 Å². The van der Waals surface area contributed by atoms with Crippen molar-refractivity contribution < 1.29 is 23.1 Å². The topological polar surface area (TPSA) is 105 Å². The van der Waals surface area contributed by atoms with Crippen LogP contribution in [-0.4, -0.2) is 46.3 Å². The number of hydrogen-bond acceptors (Lipinski definition) is 4. The molecule has 0 saturated heterocycles. The Morgan fingerprint density at radius 1 is 1.28 bits per heavy atom. The zero-order valence-electron chi connectivity index (χ0n) is 10.8. The maximum absolute atomic E-state index is 11.4. The molecule has 1 atom stereocenters. The van der Waals surface area contributed by atoms with E-state index in [-0.39, 0.29) is 18.9 Å². The second kappa shape index (κ2) is 9.26. The van der Waals surface area contributed by atoms with Gasteiger partial charge >= 0.3 is 5.97 Å². The van der Waals surface area contributed by atoms with Crippen molar-refractivity contribution in [1.82, 2.24) is 9.44 Å². The van der Waals surface area contributed by atoms with Crippen LogP contribution < -0.4 is 9.44 Å².